The molecular formula is C24H27N7O2S. The van der Waals surface area contributed by atoms with E-state index in [9.17, 15) is 4.79 Å². The Kier molecular flexibility index (Phi) is 7.29. The maximum absolute atomic E-state index is 12.3. The number of hydrogen-bond donors (Lipinski definition) is 5. The van der Waals surface area contributed by atoms with Crippen molar-refractivity contribution in [2.45, 2.75) is 18.2 Å². The highest BCUT2D eigenvalue weighted by Gasteiger charge is 2.23. The monoisotopic (exact) mass is 477 g/mol. The van der Waals surface area contributed by atoms with Crippen molar-refractivity contribution in [3.05, 3.63) is 66.4 Å². The van der Waals surface area contributed by atoms with Crippen LogP contribution in [0.4, 0.5) is 22.0 Å². The lowest BCUT2D eigenvalue weighted by Crippen LogP contribution is -2.44. The molecule has 0 radical (unpaired) electrons. The van der Waals surface area contributed by atoms with Crippen LogP contribution >= 0.6 is 12.6 Å². The number of urea groups is 1. The molecule has 1 aliphatic heterocycles. The van der Waals surface area contributed by atoms with Gasteiger partial charge in [0, 0.05) is 29.5 Å². The maximum Gasteiger partial charge on any atom is 0.323 e. The van der Waals surface area contributed by atoms with E-state index in [4.69, 9.17) is 20.9 Å². The Morgan fingerprint density at radius 2 is 1.82 bits per heavy atom. The SMILES string of the molecule is C[C@H]1COCCN1c1cc(C(S)C(=N)N)nc(-c2ccc(NC(=O)Nc3ccccc3)cc2)n1. The molecule has 0 spiro atoms. The highest BCUT2D eigenvalue weighted by atomic mass is 32.1. The van der Waals surface area contributed by atoms with Gasteiger partial charge < -0.3 is 26.0 Å². The average molecular weight is 478 g/mol. The number of nitrogens with one attached hydrogen (secondary N) is 3. The first-order valence-electron chi connectivity index (χ1n) is 10.9. The van der Waals surface area contributed by atoms with Gasteiger partial charge in [-0.2, -0.15) is 12.6 Å². The van der Waals surface area contributed by atoms with Gasteiger partial charge in [-0.3, -0.25) is 5.41 Å². The van der Waals surface area contributed by atoms with E-state index >= 15 is 0 Å². The number of benzene rings is 2. The van der Waals surface area contributed by atoms with Crippen LogP contribution in [-0.4, -0.2) is 47.6 Å². The molecule has 2 atom stereocenters. The van der Waals surface area contributed by atoms with Gasteiger partial charge in [-0.25, -0.2) is 14.8 Å². The third-order valence-corrected chi connectivity index (χ3v) is 5.94. The predicted octanol–water partition coefficient (Wildman–Crippen LogP) is 3.92. The topological polar surface area (TPSA) is 129 Å². The van der Waals surface area contributed by atoms with Crippen LogP contribution in [-0.2, 0) is 4.74 Å². The fourth-order valence-corrected chi connectivity index (χ4v) is 3.75. The van der Waals surface area contributed by atoms with Crippen molar-refractivity contribution in [1.29, 1.82) is 5.41 Å². The number of nitrogens with two attached hydrogens (primary N) is 1. The van der Waals surface area contributed by atoms with E-state index in [0.29, 0.717) is 42.7 Å². The number of amidine groups is 1. The number of carbonyl (C=O) groups is 1. The van der Waals surface area contributed by atoms with Gasteiger partial charge in [0.1, 0.15) is 16.9 Å². The van der Waals surface area contributed by atoms with Crippen LogP contribution in [0.15, 0.2) is 60.7 Å². The normalized spacial score (nSPS) is 16.5. The standard InChI is InChI=1S/C24H27N7O2S/c1-15-14-33-12-11-31(15)20-13-19(21(34)22(25)26)29-23(30-20)16-7-9-18(10-8-16)28-24(32)27-17-5-3-2-4-6-17/h2-10,13,15,21,34H,11-12,14H2,1H3,(H3,25,26)(H2,27,28,32)/t15-,21?/m0/s1. The summed E-state index contributed by atoms with van der Waals surface area (Å²) in [5.41, 5.74) is 8.36. The van der Waals surface area contributed by atoms with E-state index in [1.807, 2.05) is 48.5 Å². The molecule has 1 unspecified atom stereocenters. The van der Waals surface area contributed by atoms with Crippen LogP contribution in [0, 0.1) is 5.41 Å². The molecule has 1 saturated heterocycles. The van der Waals surface area contributed by atoms with Gasteiger partial charge >= 0.3 is 6.03 Å². The van der Waals surface area contributed by atoms with Crippen molar-refractivity contribution in [1.82, 2.24) is 9.97 Å². The molecule has 34 heavy (non-hydrogen) atoms. The number of ether oxygens (including phenoxy) is 1. The minimum atomic E-state index is -0.639. The number of anilines is 3. The van der Waals surface area contributed by atoms with E-state index in [1.165, 1.54) is 0 Å². The van der Waals surface area contributed by atoms with Crippen LogP contribution in [0.2, 0.25) is 0 Å². The van der Waals surface area contributed by atoms with E-state index in [1.54, 1.807) is 12.1 Å². The van der Waals surface area contributed by atoms with E-state index in [0.717, 1.165) is 11.4 Å². The number of carbonyl (C=O) groups excluding carboxylic acids is 1. The molecule has 1 fully saturated rings. The van der Waals surface area contributed by atoms with Gasteiger partial charge in [-0.05, 0) is 43.3 Å². The number of hydrogen-bond acceptors (Lipinski definition) is 7. The van der Waals surface area contributed by atoms with Gasteiger partial charge in [0.2, 0.25) is 0 Å². The Balaban J connectivity index is 1.57. The van der Waals surface area contributed by atoms with E-state index < -0.39 is 5.25 Å². The number of thiol groups is 1. The molecule has 1 aliphatic rings. The number of amides is 2. The predicted molar refractivity (Wildman–Crippen MR) is 138 cm³/mol. The molecule has 4 rings (SSSR count). The van der Waals surface area contributed by atoms with Gasteiger partial charge in [0.15, 0.2) is 5.82 Å². The number of aromatic nitrogens is 2. The van der Waals surface area contributed by atoms with Crippen molar-refractivity contribution in [2.75, 3.05) is 35.3 Å². The second kappa shape index (κ2) is 10.5. The summed E-state index contributed by atoms with van der Waals surface area (Å²) < 4.78 is 5.55. The molecule has 10 heteroatoms. The molecule has 176 valence electrons. The third kappa shape index (κ3) is 5.64. The minimum Gasteiger partial charge on any atom is -0.386 e. The smallest absolute Gasteiger partial charge is 0.323 e. The molecular weight excluding hydrogens is 450 g/mol. The number of nitrogens with zero attached hydrogens (tertiary/aromatic N) is 3. The summed E-state index contributed by atoms with van der Waals surface area (Å²) in [4.78, 5) is 23.8. The van der Waals surface area contributed by atoms with E-state index in [-0.39, 0.29) is 17.9 Å². The minimum absolute atomic E-state index is 0.0852. The summed E-state index contributed by atoms with van der Waals surface area (Å²) in [5.74, 6) is 1.14. The average Bonchev–Trinajstić information content (AvgIpc) is 2.84. The summed E-state index contributed by atoms with van der Waals surface area (Å²) in [7, 11) is 0. The number of morpholine rings is 1. The van der Waals surface area contributed by atoms with Crippen molar-refractivity contribution in [3.63, 3.8) is 0 Å². The lowest BCUT2D eigenvalue weighted by atomic mass is 10.1. The molecule has 0 bridgehead atoms. The first-order chi connectivity index (χ1) is 16.4. The quantitative estimate of drug-likeness (QED) is 0.208. The highest BCUT2D eigenvalue weighted by molar-refractivity contribution is 7.81. The van der Waals surface area contributed by atoms with Crippen LogP contribution in [0.25, 0.3) is 11.4 Å². The summed E-state index contributed by atoms with van der Waals surface area (Å²) in [5, 5.41) is 12.8. The highest BCUT2D eigenvalue weighted by Crippen LogP contribution is 2.28. The second-order valence-electron chi connectivity index (χ2n) is 7.97. The van der Waals surface area contributed by atoms with Gasteiger partial charge in [-0.15, -0.1) is 0 Å². The zero-order chi connectivity index (χ0) is 24.1. The Hall–Kier alpha value is -3.63. The van der Waals surface area contributed by atoms with Crippen LogP contribution < -0.4 is 21.3 Å². The van der Waals surface area contributed by atoms with Gasteiger partial charge in [0.05, 0.1) is 24.9 Å². The molecule has 2 amide bonds. The van der Waals surface area contributed by atoms with E-state index in [2.05, 4.69) is 40.1 Å². The Bertz CT molecular complexity index is 1160. The van der Waals surface area contributed by atoms with Crippen LogP contribution in [0.5, 0.6) is 0 Å². The molecule has 3 aromatic rings. The van der Waals surface area contributed by atoms with Crippen LogP contribution in [0.1, 0.15) is 17.9 Å². The van der Waals surface area contributed by atoms with Crippen molar-refractivity contribution in [2.24, 2.45) is 5.73 Å². The van der Waals surface area contributed by atoms with Crippen LogP contribution in [0.3, 0.4) is 0 Å². The lowest BCUT2D eigenvalue weighted by Gasteiger charge is -2.34. The Morgan fingerprint density at radius 1 is 1.15 bits per heavy atom. The molecule has 2 aromatic carbocycles. The third-order valence-electron chi connectivity index (χ3n) is 5.40. The van der Waals surface area contributed by atoms with Gasteiger partial charge in [-0.1, -0.05) is 18.2 Å². The van der Waals surface area contributed by atoms with Crippen molar-refractivity contribution >= 4 is 41.7 Å². The number of para-hydroxylation sites is 1. The Morgan fingerprint density at radius 3 is 2.47 bits per heavy atom. The lowest BCUT2D eigenvalue weighted by molar-refractivity contribution is 0.0985. The number of rotatable bonds is 6. The van der Waals surface area contributed by atoms with Crippen molar-refractivity contribution < 1.29 is 9.53 Å². The molecule has 0 saturated carbocycles. The first-order valence-corrected chi connectivity index (χ1v) is 11.4. The maximum atomic E-state index is 12.3. The summed E-state index contributed by atoms with van der Waals surface area (Å²) in [6.45, 7) is 4.00. The summed E-state index contributed by atoms with van der Waals surface area (Å²) >= 11 is 4.47. The second-order valence-corrected chi connectivity index (χ2v) is 8.49. The first kappa shape index (κ1) is 23.5. The molecule has 5 N–H and O–H groups in total. The molecule has 2 heterocycles. The summed E-state index contributed by atoms with van der Waals surface area (Å²) in [6, 6.07) is 18.1. The molecule has 9 nitrogen and oxygen atoms in total. The largest absolute Gasteiger partial charge is 0.386 e. The Labute approximate surface area is 203 Å². The summed E-state index contributed by atoms with van der Waals surface area (Å²) in [6.07, 6.45) is 0. The molecule has 0 aliphatic carbocycles. The molecule has 1 aromatic heterocycles. The van der Waals surface area contributed by atoms with Crippen molar-refractivity contribution in [3.8, 4) is 11.4 Å². The fourth-order valence-electron chi connectivity index (χ4n) is 3.61. The zero-order valence-corrected chi connectivity index (χ0v) is 19.6. The zero-order valence-electron chi connectivity index (χ0n) is 18.7. The van der Waals surface area contributed by atoms with Gasteiger partial charge in [0.25, 0.3) is 0 Å². The fraction of sp³-hybridized carbons (Fsp3) is 0.250.